The zero-order chi connectivity index (χ0) is 15.4. The third-order valence-corrected chi connectivity index (χ3v) is 4.00. The van der Waals surface area contributed by atoms with Crippen molar-refractivity contribution in [2.75, 3.05) is 0 Å². The van der Waals surface area contributed by atoms with Gasteiger partial charge in [0.15, 0.2) is 0 Å². The molecule has 0 atom stereocenters. The maximum Gasteiger partial charge on any atom is 0.275 e. The van der Waals surface area contributed by atoms with Gasteiger partial charge in [-0.05, 0) is 37.3 Å². The molecule has 6 nitrogen and oxygen atoms in total. The highest BCUT2D eigenvalue weighted by atomic mass is 32.1. The number of nitrogens with one attached hydrogen (secondary N) is 1. The van der Waals surface area contributed by atoms with Crippen LogP contribution >= 0.6 is 11.3 Å². The Morgan fingerprint density at radius 3 is 2.52 bits per heavy atom. The van der Waals surface area contributed by atoms with Crippen LogP contribution in [0.5, 0.6) is 5.75 Å². The summed E-state index contributed by atoms with van der Waals surface area (Å²) in [6, 6.07) is 8.31. The summed E-state index contributed by atoms with van der Waals surface area (Å²) in [5, 5.41) is 0. The number of nitrogen functional groups attached to an aromatic ring is 1. The van der Waals surface area contributed by atoms with E-state index in [0.29, 0.717) is 22.8 Å². The van der Waals surface area contributed by atoms with Crippen molar-refractivity contribution in [3.8, 4) is 5.75 Å². The van der Waals surface area contributed by atoms with Crippen LogP contribution in [0, 0.1) is 6.92 Å². The first-order valence-electron chi connectivity index (χ1n) is 6.14. The molecule has 7 heteroatoms. The van der Waals surface area contributed by atoms with E-state index in [1.54, 1.807) is 30.3 Å². The number of ether oxygens (including phenoxy) is 1. The number of aryl methyl sites for hydroxylation is 1. The zero-order valence-electron chi connectivity index (χ0n) is 11.4. The van der Waals surface area contributed by atoms with E-state index >= 15 is 0 Å². The molecule has 0 saturated carbocycles. The van der Waals surface area contributed by atoms with Gasteiger partial charge in [0, 0.05) is 16.0 Å². The minimum absolute atomic E-state index is 0.319. The Kier molecular flexibility index (Phi) is 4.56. The summed E-state index contributed by atoms with van der Waals surface area (Å²) in [6.07, 6.45) is 0. The molecular formula is C14H15N3O3S. The second-order valence-electron chi connectivity index (χ2n) is 4.34. The predicted octanol–water partition coefficient (Wildman–Crippen LogP) is 1.34. The van der Waals surface area contributed by atoms with Gasteiger partial charge in [-0.25, -0.2) is 5.84 Å². The van der Waals surface area contributed by atoms with Crippen molar-refractivity contribution in [1.82, 2.24) is 5.43 Å². The number of thiophene rings is 1. The van der Waals surface area contributed by atoms with Gasteiger partial charge in [0.25, 0.3) is 5.91 Å². The first-order valence-corrected chi connectivity index (χ1v) is 6.96. The Bertz CT molecular complexity index is 665. The molecule has 0 aliphatic heterocycles. The van der Waals surface area contributed by atoms with Crippen molar-refractivity contribution in [2.24, 2.45) is 11.6 Å². The zero-order valence-corrected chi connectivity index (χ0v) is 12.2. The molecule has 21 heavy (non-hydrogen) atoms. The summed E-state index contributed by atoms with van der Waals surface area (Å²) in [5.74, 6) is 4.93. The van der Waals surface area contributed by atoms with Crippen molar-refractivity contribution in [2.45, 2.75) is 13.5 Å². The van der Waals surface area contributed by atoms with E-state index in [2.05, 4.69) is 5.43 Å². The van der Waals surface area contributed by atoms with E-state index in [0.717, 1.165) is 10.4 Å². The molecule has 1 heterocycles. The van der Waals surface area contributed by atoms with E-state index in [1.165, 1.54) is 11.3 Å². The van der Waals surface area contributed by atoms with E-state index in [-0.39, 0.29) is 5.91 Å². The molecule has 0 saturated heterocycles. The summed E-state index contributed by atoms with van der Waals surface area (Å²) >= 11 is 1.36. The lowest BCUT2D eigenvalue weighted by atomic mass is 10.2. The normalized spacial score (nSPS) is 10.2. The molecule has 2 amide bonds. The van der Waals surface area contributed by atoms with Crippen LogP contribution < -0.4 is 21.7 Å². The molecule has 0 aliphatic rings. The molecule has 0 fully saturated rings. The van der Waals surface area contributed by atoms with Gasteiger partial charge in [-0.2, -0.15) is 0 Å². The quantitative estimate of drug-likeness (QED) is 0.440. The number of rotatable bonds is 5. The highest BCUT2D eigenvalue weighted by Gasteiger charge is 2.11. The van der Waals surface area contributed by atoms with Gasteiger partial charge in [-0.1, -0.05) is 0 Å². The average molecular weight is 305 g/mol. The molecule has 0 aliphatic carbocycles. The van der Waals surface area contributed by atoms with Crippen LogP contribution in [0.4, 0.5) is 0 Å². The molecule has 0 bridgehead atoms. The minimum atomic E-state index is -0.479. The van der Waals surface area contributed by atoms with Crippen molar-refractivity contribution in [3.05, 3.63) is 51.2 Å². The van der Waals surface area contributed by atoms with Crippen molar-refractivity contribution in [3.63, 3.8) is 0 Å². The van der Waals surface area contributed by atoms with E-state index < -0.39 is 5.91 Å². The number of nitrogens with two attached hydrogens (primary N) is 2. The van der Waals surface area contributed by atoms with Crippen molar-refractivity contribution < 1.29 is 14.3 Å². The molecule has 2 aromatic rings. The van der Waals surface area contributed by atoms with Crippen molar-refractivity contribution in [1.29, 1.82) is 0 Å². The number of carbonyl (C=O) groups excluding carboxylic acids is 2. The van der Waals surface area contributed by atoms with E-state index in [9.17, 15) is 9.59 Å². The Labute approximate surface area is 125 Å². The monoisotopic (exact) mass is 305 g/mol. The molecular weight excluding hydrogens is 290 g/mol. The summed E-state index contributed by atoms with van der Waals surface area (Å²) in [4.78, 5) is 23.9. The second-order valence-corrected chi connectivity index (χ2v) is 5.60. The lowest BCUT2D eigenvalue weighted by Crippen LogP contribution is -2.29. The number of benzene rings is 1. The number of hydrogen-bond acceptors (Lipinski definition) is 5. The fourth-order valence-electron chi connectivity index (χ4n) is 1.72. The van der Waals surface area contributed by atoms with Gasteiger partial charge in [-0.3, -0.25) is 15.0 Å². The predicted molar refractivity (Wildman–Crippen MR) is 80.0 cm³/mol. The Hall–Kier alpha value is -2.38. The smallest absolute Gasteiger partial charge is 0.275 e. The number of primary amides is 1. The van der Waals surface area contributed by atoms with Crippen LogP contribution in [0.15, 0.2) is 30.3 Å². The number of hydrazine groups is 1. The van der Waals surface area contributed by atoms with Crippen LogP contribution in [0.3, 0.4) is 0 Å². The third kappa shape index (κ3) is 3.59. The van der Waals surface area contributed by atoms with E-state index in [4.69, 9.17) is 16.3 Å². The highest BCUT2D eigenvalue weighted by molar-refractivity contribution is 7.14. The maximum atomic E-state index is 11.4. The molecule has 1 aromatic carbocycles. The summed E-state index contributed by atoms with van der Waals surface area (Å²) in [5.41, 5.74) is 8.61. The molecule has 2 rings (SSSR count). The maximum absolute atomic E-state index is 11.4. The summed E-state index contributed by atoms with van der Waals surface area (Å²) in [6.45, 7) is 2.24. The third-order valence-electron chi connectivity index (χ3n) is 2.91. The number of carbonyl (C=O) groups is 2. The summed E-state index contributed by atoms with van der Waals surface area (Å²) < 4.78 is 5.63. The second kappa shape index (κ2) is 6.38. The standard InChI is InChI=1S/C14H15N3O3S/c1-8-10(6-12(21-8)14(19)17-16)7-20-11-4-2-9(3-5-11)13(15)18/h2-6H,7,16H2,1H3,(H2,15,18)(H,17,19). The van der Waals surface area contributed by atoms with Gasteiger partial charge in [0.1, 0.15) is 12.4 Å². The Balaban J connectivity index is 2.04. The van der Waals surface area contributed by atoms with Crippen molar-refractivity contribution >= 4 is 23.2 Å². The lowest BCUT2D eigenvalue weighted by molar-refractivity contribution is 0.0956. The SMILES string of the molecule is Cc1sc(C(=O)NN)cc1COc1ccc(C(N)=O)cc1. The molecule has 1 aromatic heterocycles. The Morgan fingerprint density at radius 1 is 1.29 bits per heavy atom. The largest absolute Gasteiger partial charge is 0.489 e. The van der Waals surface area contributed by atoms with Crippen LogP contribution in [-0.4, -0.2) is 11.8 Å². The first kappa shape index (κ1) is 15.0. The lowest BCUT2D eigenvalue weighted by Gasteiger charge is -2.06. The fraction of sp³-hybridized carbons (Fsp3) is 0.143. The van der Waals surface area contributed by atoms with Crippen LogP contribution in [0.25, 0.3) is 0 Å². The van der Waals surface area contributed by atoms with Gasteiger partial charge in [0.2, 0.25) is 5.91 Å². The first-order chi connectivity index (χ1) is 10.0. The van der Waals surface area contributed by atoms with Gasteiger partial charge in [-0.15, -0.1) is 11.3 Å². The molecule has 0 radical (unpaired) electrons. The number of amides is 2. The highest BCUT2D eigenvalue weighted by Crippen LogP contribution is 2.23. The number of hydrogen-bond donors (Lipinski definition) is 3. The molecule has 110 valence electrons. The van der Waals surface area contributed by atoms with Crippen LogP contribution in [-0.2, 0) is 6.61 Å². The summed E-state index contributed by atoms with van der Waals surface area (Å²) in [7, 11) is 0. The average Bonchev–Trinajstić information content (AvgIpc) is 2.86. The molecule has 5 N–H and O–H groups in total. The topological polar surface area (TPSA) is 107 Å². The van der Waals surface area contributed by atoms with Gasteiger partial charge in [0.05, 0.1) is 4.88 Å². The minimum Gasteiger partial charge on any atom is -0.489 e. The van der Waals surface area contributed by atoms with Crippen LogP contribution in [0.1, 0.15) is 30.5 Å². The van der Waals surface area contributed by atoms with E-state index in [1.807, 2.05) is 6.92 Å². The van der Waals surface area contributed by atoms with Crippen LogP contribution in [0.2, 0.25) is 0 Å². The fourth-order valence-corrected chi connectivity index (χ4v) is 2.65. The molecule has 0 unspecified atom stereocenters. The van der Waals surface area contributed by atoms with Gasteiger partial charge >= 0.3 is 0 Å². The van der Waals surface area contributed by atoms with Gasteiger partial charge < -0.3 is 10.5 Å². The molecule has 0 spiro atoms. The Morgan fingerprint density at radius 2 is 1.95 bits per heavy atom.